The van der Waals surface area contributed by atoms with Crippen LogP contribution in [0, 0.1) is 23.7 Å². The Labute approximate surface area is 201 Å². The van der Waals surface area contributed by atoms with Crippen molar-refractivity contribution in [2.75, 3.05) is 21.3 Å². The first kappa shape index (κ1) is 23.0. The van der Waals surface area contributed by atoms with E-state index in [-0.39, 0.29) is 35.9 Å². The molecule has 0 saturated heterocycles. The molecule has 2 saturated carbocycles. The molecule has 8 nitrogen and oxygen atoms in total. The summed E-state index contributed by atoms with van der Waals surface area (Å²) < 4.78 is 16.3. The van der Waals surface area contributed by atoms with Gasteiger partial charge in [0.2, 0.25) is 5.75 Å². The molecule has 5 atom stereocenters. The van der Waals surface area contributed by atoms with Crippen LogP contribution in [0.5, 0.6) is 17.2 Å². The number of rotatable bonds is 4. The van der Waals surface area contributed by atoms with Gasteiger partial charge in [-0.05, 0) is 17.7 Å². The molecule has 2 unspecified atom stereocenters. The summed E-state index contributed by atoms with van der Waals surface area (Å²) >= 11 is 0. The minimum absolute atomic E-state index is 0.0588. The predicted octanol–water partition coefficient (Wildman–Crippen LogP) is 1.82. The van der Waals surface area contributed by atoms with Crippen molar-refractivity contribution in [1.82, 2.24) is 0 Å². The minimum atomic E-state index is -1.20. The maximum Gasteiger partial charge on any atom is 0.203 e. The van der Waals surface area contributed by atoms with Gasteiger partial charge < -0.3 is 24.4 Å². The molecule has 8 heteroatoms. The third-order valence-corrected chi connectivity index (χ3v) is 7.59. The number of aliphatic hydroxyl groups excluding tert-OH is 2. The highest BCUT2D eigenvalue weighted by molar-refractivity contribution is 6.09. The molecule has 5 rings (SSSR count). The fraction of sp³-hybridized carbons (Fsp3) is 0.370. The predicted molar refractivity (Wildman–Crippen MR) is 125 cm³/mol. The molecule has 3 aliphatic carbocycles. The lowest BCUT2D eigenvalue weighted by Crippen LogP contribution is -2.56. The lowest BCUT2D eigenvalue weighted by atomic mass is 9.55. The molecule has 2 fully saturated rings. The van der Waals surface area contributed by atoms with Crippen LogP contribution in [-0.2, 0) is 14.4 Å². The van der Waals surface area contributed by atoms with Crippen LogP contribution >= 0.6 is 0 Å². The number of ketones is 3. The molecule has 0 bridgehead atoms. The van der Waals surface area contributed by atoms with Crippen molar-refractivity contribution in [3.05, 3.63) is 52.4 Å². The van der Waals surface area contributed by atoms with Crippen LogP contribution in [0.15, 0.2) is 36.4 Å². The average Bonchev–Trinajstić information content (AvgIpc) is 2.87. The third kappa shape index (κ3) is 3.31. The number of fused-ring (bicyclic) bond motifs is 3. The number of Topliss-reactive ketones (excluding diaryl/α,β-unsaturated/α-hetero) is 3. The van der Waals surface area contributed by atoms with E-state index >= 15 is 0 Å². The summed E-state index contributed by atoms with van der Waals surface area (Å²) in [6.45, 7) is 0. The molecule has 2 N–H and O–H groups in total. The zero-order valence-electron chi connectivity index (χ0n) is 19.6. The van der Waals surface area contributed by atoms with Gasteiger partial charge in [0.05, 0.1) is 33.2 Å². The summed E-state index contributed by atoms with van der Waals surface area (Å²) in [7, 11) is 4.42. The Hall–Kier alpha value is -3.81. The number of ether oxygens (including phenoxy) is 3. The first-order valence-electron chi connectivity index (χ1n) is 11.4. The number of hydrogen-bond acceptors (Lipinski definition) is 8. The van der Waals surface area contributed by atoms with Crippen molar-refractivity contribution >= 4 is 28.9 Å². The summed E-state index contributed by atoms with van der Waals surface area (Å²) in [5.74, 6) is -5.01. The first-order valence-corrected chi connectivity index (χ1v) is 11.4. The van der Waals surface area contributed by atoms with Crippen molar-refractivity contribution < 1.29 is 38.8 Å². The fourth-order valence-corrected chi connectivity index (χ4v) is 6.04. The molecule has 0 heterocycles. The van der Waals surface area contributed by atoms with E-state index in [1.165, 1.54) is 21.3 Å². The minimum Gasteiger partial charge on any atom is -0.511 e. The maximum atomic E-state index is 14.0. The molecule has 0 aromatic heterocycles. The van der Waals surface area contributed by atoms with Crippen molar-refractivity contribution in [3.8, 4) is 17.2 Å². The molecule has 0 aliphatic heterocycles. The number of carbonyl (C=O) groups is 3. The van der Waals surface area contributed by atoms with Gasteiger partial charge in [-0.1, -0.05) is 24.3 Å². The topological polar surface area (TPSA) is 119 Å². The van der Waals surface area contributed by atoms with E-state index in [9.17, 15) is 24.6 Å². The zero-order chi connectivity index (χ0) is 25.0. The highest BCUT2D eigenvalue weighted by atomic mass is 16.5. The van der Waals surface area contributed by atoms with Crippen molar-refractivity contribution in [3.63, 3.8) is 0 Å². The van der Waals surface area contributed by atoms with Crippen LogP contribution in [-0.4, -0.2) is 48.9 Å². The van der Waals surface area contributed by atoms with Crippen LogP contribution in [0.1, 0.15) is 24.3 Å². The van der Waals surface area contributed by atoms with E-state index < -0.39 is 35.4 Å². The van der Waals surface area contributed by atoms with E-state index in [2.05, 4.69) is 0 Å². The summed E-state index contributed by atoms with van der Waals surface area (Å²) in [4.78, 5) is 40.5. The van der Waals surface area contributed by atoms with E-state index in [1.807, 2.05) is 0 Å². The first-order chi connectivity index (χ1) is 16.8. The van der Waals surface area contributed by atoms with Gasteiger partial charge in [-0.2, -0.15) is 0 Å². The van der Waals surface area contributed by atoms with Crippen molar-refractivity contribution in [2.24, 2.45) is 23.7 Å². The van der Waals surface area contributed by atoms with Gasteiger partial charge in [0.15, 0.2) is 11.5 Å². The second-order valence-electron chi connectivity index (χ2n) is 9.22. The van der Waals surface area contributed by atoms with Crippen molar-refractivity contribution in [1.29, 1.82) is 0 Å². The van der Waals surface area contributed by atoms with Gasteiger partial charge in [-0.15, -0.1) is 0 Å². The van der Waals surface area contributed by atoms with Crippen molar-refractivity contribution in [2.45, 2.75) is 18.8 Å². The number of methoxy groups -OCH3 is 3. The van der Waals surface area contributed by atoms with E-state index in [0.717, 1.165) is 0 Å². The summed E-state index contributed by atoms with van der Waals surface area (Å²) in [6.07, 6.45) is -0.0155. The Morgan fingerprint density at radius 1 is 0.743 bits per heavy atom. The SMILES string of the molecule is COc1cc([C@H]2CC(=O)C[C@H]3C(=O)C4C(O)=c5ccccc5=C(O)C4C(=O)[C@@H]23)cc(OC)c1OC. The highest BCUT2D eigenvalue weighted by Gasteiger charge is 2.58. The highest BCUT2D eigenvalue weighted by Crippen LogP contribution is 2.52. The molecule has 3 aliphatic rings. The molecular weight excluding hydrogens is 452 g/mol. The van der Waals surface area contributed by atoms with Gasteiger partial charge in [-0.25, -0.2) is 0 Å². The average molecular weight is 478 g/mol. The fourth-order valence-electron chi connectivity index (χ4n) is 6.04. The summed E-state index contributed by atoms with van der Waals surface area (Å²) in [6, 6.07) is 9.97. The Morgan fingerprint density at radius 3 is 1.77 bits per heavy atom. The molecule has 0 spiro atoms. The molecular formula is C27H26O8. The molecule has 2 aromatic rings. The second-order valence-corrected chi connectivity index (χ2v) is 9.22. The largest absolute Gasteiger partial charge is 0.511 e. The Kier molecular flexibility index (Phi) is 5.54. The zero-order valence-corrected chi connectivity index (χ0v) is 19.6. The van der Waals surface area contributed by atoms with Gasteiger partial charge in [0.25, 0.3) is 0 Å². The normalized spacial score (nSPS) is 27.6. The third-order valence-electron chi connectivity index (χ3n) is 7.59. The second kappa shape index (κ2) is 8.45. The van der Waals surface area contributed by atoms with Gasteiger partial charge in [0, 0.05) is 41.0 Å². The smallest absolute Gasteiger partial charge is 0.203 e. The van der Waals surface area contributed by atoms with E-state index in [4.69, 9.17) is 14.2 Å². The molecule has 35 heavy (non-hydrogen) atoms. The van der Waals surface area contributed by atoms with Crippen LogP contribution in [0.2, 0.25) is 0 Å². The molecule has 182 valence electrons. The standard InChI is InChI=1S/C27H26O8/c1-33-18-8-12(9-19(34-2)27(18)35-3)16-10-13(28)11-17-20(16)26(32)22-21(25(17)31)23(29)14-6-4-5-7-15(14)24(22)30/h4-9,16-17,20-22,29-30H,10-11H2,1-3H3/t16-,17-,20+,21?,22?/m1/s1. The number of benzene rings is 2. The lowest BCUT2D eigenvalue weighted by molar-refractivity contribution is -0.149. The number of carbonyl (C=O) groups excluding carboxylic acids is 3. The Balaban J connectivity index is 1.67. The lowest BCUT2D eigenvalue weighted by Gasteiger charge is -2.45. The molecule has 0 amide bonds. The van der Waals surface area contributed by atoms with Gasteiger partial charge >= 0.3 is 0 Å². The van der Waals surface area contributed by atoms with E-state index in [0.29, 0.717) is 33.2 Å². The summed E-state index contributed by atoms with van der Waals surface area (Å²) in [5.41, 5.74) is 0.603. The van der Waals surface area contributed by atoms with Gasteiger partial charge in [0.1, 0.15) is 28.9 Å². The van der Waals surface area contributed by atoms with Crippen LogP contribution in [0.25, 0.3) is 11.5 Å². The monoisotopic (exact) mass is 478 g/mol. The van der Waals surface area contributed by atoms with Crippen LogP contribution in [0.3, 0.4) is 0 Å². The Morgan fingerprint density at radius 2 is 1.26 bits per heavy atom. The van der Waals surface area contributed by atoms with E-state index in [1.54, 1.807) is 36.4 Å². The number of aliphatic hydroxyl groups is 2. The quantitative estimate of drug-likeness (QED) is 0.683. The summed E-state index contributed by atoms with van der Waals surface area (Å²) in [5, 5.41) is 22.7. The number of hydrogen-bond donors (Lipinski definition) is 2. The van der Waals surface area contributed by atoms with Gasteiger partial charge in [-0.3, -0.25) is 14.4 Å². The molecule has 0 radical (unpaired) electrons. The maximum absolute atomic E-state index is 14.0. The Bertz CT molecular complexity index is 1350. The van der Waals surface area contributed by atoms with Crippen LogP contribution in [0.4, 0.5) is 0 Å². The molecule has 2 aromatic carbocycles. The van der Waals surface area contributed by atoms with Crippen LogP contribution < -0.4 is 24.6 Å².